The molecule has 0 atom stereocenters. The lowest BCUT2D eigenvalue weighted by molar-refractivity contribution is -0.303. The number of alkyl halides is 3. The quantitative estimate of drug-likeness (QED) is 0.553. The van der Waals surface area contributed by atoms with Gasteiger partial charge in [0, 0.05) is 0 Å². The van der Waals surface area contributed by atoms with E-state index < -0.39 is 17.7 Å². The van der Waals surface area contributed by atoms with Crippen molar-refractivity contribution in [1.29, 1.82) is 0 Å². The molecule has 6 heteroatoms. The molecule has 0 bridgehead atoms. The van der Waals surface area contributed by atoms with E-state index in [0.29, 0.717) is 0 Å². The second kappa shape index (κ2) is 3.21. The van der Waals surface area contributed by atoms with Crippen LogP contribution >= 0.6 is 0 Å². The maximum absolute atomic E-state index is 11.2. The van der Waals surface area contributed by atoms with E-state index >= 15 is 0 Å². The summed E-state index contributed by atoms with van der Waals surface area (Å²) in [7, 11) is 0. The number of carboxylic acid groups (broad SMARTS) is 1. The zero-order valence-electron chi connectivity index (χ0n) is 5.16. The topological polar surface area (TPSA) is 76.6 Å². The molecule has 0 amide bonds. The summed E-state index contributed by atoms with van der Waals surface area (Å²) in [4.78, 5) is 9.42. The van der Waals surface area contributed by atoms with E-state index in [-0.39, 0.29) is 6.15 Å². The number of hydrogen-bond donors (Lipinski definition) is 1. The highest BCUT2D eigenvalue weighted by Gasteiger charge is 2.32. The van der Waals surface area contributed by atoms with Crippen LogP contribution in [-0.4, -0.2) is 12.1 Å². The van der Waals surface area contributed by atoms with Gasteiger partial charge in [0.25, 0.3) is 0 Å². The lowest BCUT2D eigenvalue weighted by atomic mass is 10.3. The first-order valence-corrected chi connectivity index (χ1v) is 1.83. The van der Waals surface area contributed by atoms with Gasteiger partial charge in [0.2, 0.25) is 0 Å². The standard InChI is InChI=1S/C4H3F3O2.H3N/c1-2(3(8)9)4(5,6)7;/h1H2,(H,8,9);1H3. The molecular weight excluding hydrogens is 151 g/mol. The van der Waals surface area contributed by atoms with Crippen LogP contribution in [0.5, 0.6) is 0 Å². The monoisotopic (exact) mass is 157 g/mol. The molecule has 0 spiro atoms. The molecule has 4 N–H and O–H groups in total. The van der Waals surface area contributed by atoms with Gasteiger partial charge in [-0.25, -0.2) is 0 Å². The number of quaternary nitrogens is 1. The van der Waals surface area contributed by atoms with Crippen molar-refractivity contribution in [2.24, 2.45) is 0 Å². The predicted molar refractivity (Wildman–Crippen MR) is 26.2 cm³/mol. The molecule has 0 radical (unpaired) electrons. The van der Waals surface area contributed by atoms with Crippen molar-refractivity contribution in [2.75, 3.05) is 0 Å². The van der Waals surface area contributed by atoms with Crippen LogP contribution in [0, 0.1) is 0 Å². The van der Waals surface area contributed by atoms with Crippen molar-refractivity contribution in [2.45, 2.75) is 6.18 Å². The van der Waals surface area contributed by atoms with Gasteiger partial charge in [0.05, 0.1) is 11.5 Å². The van der Waals surface area contributed by atoms with Gasteiger partial charge in [0.15, 0.2) is 0 Å². The highest BCUT2D eigenvalue weighted by atomic mass is 19.4. The van der Waals surface area contributed by atoms with Crippen molar-refractivity contribution in [3.63, 3.8) is 0 Å². The number of halogens is 3. The summed E-state index contributed by atoms with van der Waals surface area (Å²) in [6.45, 7) is 2.24. The van der Waals surface area contributed by atoms with E-state index in [1.807, 2.05) is 0 Å². The Bertz CT molecular complexity index is 151. The maximum atomic E-state index is 11.2. The van der Waals surface area contributed by atoms with Crippen molar-refractivity contribution in [3.05, 3.63) is 12.2 Å². The van der Waals surface area contributed by atoms with Crippen LogP contribution in [0.2, 0.25) is 0 Å². The van der Waals surface area contributed by atoms with E-state index in [0.717, 1.165) is 0 Å². The van der Waals surface area contributed by atoms with E-state index in [2.05, 4.69) is 6.58 Å². The largest absolute Gasteiger partial charge is 0.545 e. The number of carbonyl (C=O) groups is 1. The van der Waals surface area contributed by atoms with Crippen molar-refractivity contribution >= 4 is 5.97 Å². The molecule has 0 rings (SSSR count). The zero-order valence-corrected chi connectivity index (χ0v) is 5.16. The Morgan fingerprint density at radius 1 is 1.40 bits per heavy atom. The average Bonchev–Trinajstić information content (AvgIpc) is 1.62. The van der Waals surface area contributed by atoms with E-state index in [4.69, 9.17) is 0 Å². The molecule has 0 saturated carbocycles. The van der Waals surface area contributed by atoms with Crippen LogP contribution in [0.1, 0.15) is 0 Å². The summed E-state index contributed by atoms with van der Waals surface area (Å²) in [5, 5.41) is 9.42. The second-order valence-electron chi connectivity index (χ2n) is 1.26. The van der Waals surface area contributed by atoms with Crippen LogP contribution in [0.15, 0.2) is 12.2 Å². The zero-order chi connectivity index (χ0) is 7.65. The smallest absolute Gasteiger partial charge is 0.417 e. The highest BCUT2D eigenvalue weighted by molar-refractivity contribution is 5.85. The third-order valence-corrected chi connectivity index (χ3v) is 0.589. The first-order valence-electron chi connectivity index (χ1n) is 1.83. The molecule has 0 aromatic carbocycles. The number of aliphatic carboxylic acids is 1. The maximum Gasteiger partial charge on any atom is 0.417 e. The van der Waals surface area contributed by atoms with Gasteiger partial charge >= 0.3 is 6.18 Å². The van der Waals surface area contributed by atoms with Gasteiger partial charge < -0.3 is 16.1 Å². The molecule has 60 valence electrons. The van der Waals surface area contributed by atoms with E-state index in [1.165, 1.54) is 0 Å². The fourth-order valence-electron chi connectivity index (χ4n) is 0.116. The Balaban J connectivity index is 0. The predicted octanol–water partition coefficient (Wildman–Crippen LogP) is 0.231. The Labute approximate surface area is 54.7 Å². The molecule has 0 heterocycles. The first-order chi connectivity index (χ1) is 3.85. The lowest BCUT2D eigenvalue weighted by Crippen LogP contribution is -2.31. The van der Waals surface area contributed by atoms with Gasteiger partial charge in [-0.2, -0.15) is 13.2 Å². The molecular formula is C4H6F3NO2. The molecule has 0 aromatic heterocycles. The number of carboxylic acids is 1. The van der Waals surface area contributed by atoms with Gasteiger partial charge in [-0.1, -0.05) is 6.58 Å². The Kier molecular flexibility index (Phi) is 3.76. The number of hydrogen-bond acceptors (Lipinski definition) is 2. The minimum absolute atomic E-state index is 0. The van der Waals surface area contributed by atoms with Crippen LogP contribution in [-0.2, 0) is 4.79 Å². The normalized spacial score (nSPS) is 9.90. The minimum Gasteiger partial charge on any atom is -0.545 e. The van der Waals surface area contributed by atoms with Gasteiger partial charge in [0.1, 0.15) is 0 Å². The van der Waals surface area contributed by atoms with E-state index in [9.17, 15) is 23.1 Å². The molecule has 0 unspecified atom stereocenters. The molecule has 0 aliphatic heterocycles. The van der Waals surface area contributed by atoms with E-state index in [1.54, 1.807) is 0 Å². The third kappa shape index (κ3) is 3.08. The van der Waals surface area contributed by atoms with Crippen LogP contribution in [0.3, 0.4) is 0 Å². The molecule has 0 aliphatic rings. The van der Waals surface area contributed by atoms with Gasteiger partial charge in [-0.3, -0.25) is 0 Å². The van der Waals surface area contributed by atoms with Crippen molar-refractivity contribution in [3.8, 4) is 0 Å². The van der Waals surface area contributed by atoms with Crippen molar-refractivity contribution in [1.82, 2.24) is 6.15 Å². The lowest BCUT2D eigenvalue weighted by Gasteiger charge is -2.08. The summed E-state index contributed by atoms with van der Waals surface area (Å²) in [6, 6.07) is 0. The highest BCUT2D eigenvalue weighted by Crippen LogP contribution is 2.22. The summed E-state index contributed by atoms with van der Waals surface area (Å²) in [5.74, 6) is -2.29. The Hall–Kier alpha value is -1.04. The fraction of sp³-hybridized carbons (Fsp3) is 0.250. The molecule has 0 aromatic rings. The summed E-state index contributed by atoms with van der Waals surface area (Å²) >= 11 is 0. The fourth-order valence-corrected chi connectivity index (χ4v) is 0.116. The molecule has 0 aliphatic carbocycles. The first kappa shape index (κ1) is 11.7. The van der Waals surface area contributed by atoms with Crippen LogP contribution < -0.4 is 11.3 Å². The van der Waals surface area contributed by atoms with Gasteiger partial charge in [-0.05, 0) is 0 Å². The molecule has 0 saturated heterocycles. The average molecular weight is 157 g/mol. The SMILES string of the molecule is C=C(C(=O)[O-])C(F)(F)F.[NH4+]. The third-order valence-electron chi connectivity index (χ3n) is 0.589. The van der Waals surface area contributed by atoms with Crippen LogP contribution in [0.25, 0.3) is 0 Å². The molecule has 0 fully saturated rings. The van der Waals surface area contributed by atoms with Crippen molar-refractivity contribution < 1.29 is 23.1 Å². The van der Waals surface area contributed by atoms with Crippen LogP contribution in [0.4, 0.5) is 13.2 Å². The number of rotatable bonds is 1. The Morgan fingerprint density at radius 3 is 1.70 bits per heavy atom. The number of carbonyl (C=O) groups excluding carboxylic acids is 1. The molecule has 10 heavy (non-hydrogen) atoms. The summed E-state index contributed by atoms with van der Waals surface area (Å²) in [6.07, 6.45) is -4.88. The Morgan fingerprint density at radius 2 is 1.70 bits per heavy atom. The minimum atomic E-state index is -4.88. The van der Waals surface area contributed by atoms with Gasteiger partial charge in [-0.15, -0.1) is 0 Å². The second-order valence-corrected chi connectivity index (χ2v) is 1.26. The molecule has 3 nitrogen and oxygen atoms in total. The summed E-state index contributed by atoms with van der Waals surface area (Å²) in [5.41, 5.74) is -1.86. The summed E-state index contributed by atoms with van der Waals surface area (Å²) < 4.78 is 33.5.